The maximum Gasteiger partial charge on any atom is 0.295 e. The molecule has 0 radical (unpaired) electrons. The van der Waals surface area contributed by atoms with Gasteiger partial charge in [-0.25, -0.2) is 4.39 Å². The number of rotatable bonds is 6. The van der Waals surface area contributed by atoms with E-state index in [9.17, 15) is 19.1 Å². The lowest BCUT2D eigenvalue weighted by Crippen LogP contribution is -2.30. The lowest BCUT2D eigenvalue weighted by Gasteiger charge is -2.26. The Bertz CT molecular complexity index is 968. The molecule has 2 aromatic carbocycles. The number of aliphatic hydroxyl groups is 1. The first-order chi connectivity index (χ1) is 13.9. The number of hydrogen-bond acceptors (Lipinski definition) is 5. The summed E-state index contributed by atoms with van der Waals surface area (Å²) in [4.78, 5) is 27.0. The van der Waals surface area contributed by atoms with Crippen LogP contribution in [0.5, 0.6) is 11.5 Å². The van der Waals surface area contributed by atoms with Crippen molar-refractivity contribution in [3.05, 3.63) is 65.0 Å². The van der Waals surface area contributed by atoms with Crippen LogP contribution < -0.4 is 9.47 Å². The first-order valence-electron chi connectivity index (χ1n) is 9.19. The second-order valence-corrected chi connectivity index (χ2v) is 6.58. The van der Waals surface area contributed by atoms with Crippen molar-refractivity contribution in [2.75, 3.05) is 20.8 Å². The van der Waals surface area contributed by atoms with Crippen LogP contribution in [-0.2, 0) is 9.59 Å². The number of carbonyl (C=O) groups excluding carboxylic acids is 2. The number of aliphatic hydroxyl groups excluding tert-OH is 1. The van der Waals surface area contributed by atoms with Crippen molar-refractivity contribution in [3.8, 4) is 11.5 Å². The first kappa shape index (κ1) is 20.4. The number of carbonyl (C=O) groups is 2. The molecule has 1 amide bonds. The van der Waals surface area contributed by atoms with Crippen molar-refractivity contribution in [2.45, 2.75) is 19.4 Å². The molecular formula is C22H22FNO5. The van der Waals surface area contributed by atoms with E-state index in [4.69, 9.17) is 9.47 Å². The fraction of sp³-hybridized carbons (Fsp3) is 0.273. The molecule has 29 heavy (non-hydrogen) atoms. The lowest BCUT2D eigenvalue weighted by molar-refractivity contribution is -0.139. The Morgan fingerprint density at radius 3 is 2.38 bits per heavy atom. The van der Waals surface area contributed by atoms with Crippen LogP contribution in [0.3, 0.4) is 0 Å². The molecule has 1 aliphatic rings. The summed E-state index contributed by atoms with van der Waals surface area (Å²) in [6, 6.07) is 9.37. The van der Waals surface area contributed by atoms with E-state index in [1.165, 1.54) is 43.4 Å². The Hall–Kier alpha value is -3.35. The van der Waals surface area contributed by atoms with E-state index in [1.54, 1.807) is 18.2 Å². The van der Waals surface area contributed by atoms with Crippen molar-refractivity contribution in [1.29, 1.82) is 0 Å². The summed E-state index contributed by atoms with van der Waals surface area (Å²) in [6.45, 7) is 2.20. The van der Waals surface area contributed by atoms with Crippen molar-refractivity contribution in [1.82, 2.24) is 4.90 Å². The van der Waals surface area contributed by atoms with Crippen LogP contribution in [0.1, 0.15) is 30.5 Å². The molecule has 2 aromatic rings. The van der Waals surface area contributed by atoms with Crippen molar-refractivity contribution < 1.29 is 28.6 Å². The number of nitrogens with zero attached hydrogens (tertiary/aromatic N) is 1. The van der Waals surface area contributed by atoms with Crippen LogP contribution in [0.25, 0.3) is 5.76 Å². The Balaban J connectivity index is 2.26. The fourth-order valence-corrected chi connectivity index (χ4v) is 3.57. The van der Waals surface area contributed by atoms with Crippen molar-refractivity contribution >= 4 is 17.4 Å². The highest BCUT2D eigenvalue weighted by Crippen LogP contribution is 2.45. The van der Waals surface area contributed by atoms with Gasteiger partial charge < -0.3 is 19.5 Å². The van der Waals surface area contributed by atoms with Gasteiger partial charge in [0.2, 0.25) is 0 Å². The maximum atomic E-state index is 13.3. The SMILES string of the molecule is CCCN1C(=O)C(=O)/C(=C(/O)c2ccc(F)cc2)C1c1cccc(OC)c1OC. The van der Waals surface area contributed by atoms with E-state index in [1.807, 2.05) is 6.92 Å². The van der Waals surface area contributed by atoms with Gasteiger partial charge in [-0.1, -0.05) is 19.1 Å². The van der Waals surface area contributed by atoms with Gasteiger partial charge in [0, 0.05) is 17.7 Å². The smallest absolute Gasteiger partial charge is 0.295 e. The van der Waals surface area contributed by atoms with Gasteiger partial charge in [-0.3, -0.25) is 9.59 Å². The minimum Gasteiger partial charge on any atom is -0.507 e. The zero-order valence-electron chi connectivity index (χ0n) is 16.4. The minimum absolute atomic E-state index is 0.0680. The van der Waals surface area contributed by atoms with E-state index in [0.29, 0.717) is 30.0 Å². The van der Waals surface area contributed by atoms with Crippen LogP contribution in [-0.4, -0.2) is 42.5 Å². The van der Waals surface area contributed by atoms with Gasteiger partial charge in [0.1, 0.15) is 11.6 Å². The summed E-state index contributed by atoms with van der Waals surface area (Å²) in [6.07, 6.45) is 0.617. The van der Waals surface area contributed by atoms with E-state index in [-0.39, 0.29) is 16.9 Å². The Labute approximate surface area is 168 Å². The number of likely N-dealkylation sites (tertiary alicyclic amines) is 1. The van der Waals surface area contributed by atoms with Crippen molar-refractivity contribution in [3.63, 3.8) is 0 Å². The number of methoxy groups -OCH3 is 2. The highest BCUT2D eigenvalue weighted by atomic mass is 19.1. The molecule has 7 heteroatoms. The maximum absolute atomic E-state index is 13.3. The average molecular weight is 399 g/mol. The predicted octanol–water partition coefficient (Wildman–Crippen LogP) is 3.67. The van der Waals surface area contributed by atoms with Gasteiger partial charge in [0.05, 0.1) is 25.8 Å². The third kappa shape index (κ3) is 3.55. The van der Waals surface area contributed by atoms with Gasteiger partial charge in [-0.05, 0) is 36.8 Å². The Morgan fingerprint density at radius 1 is 1.10 bits per heavy atom. The molecule has 1 unspecified atom stereocenters. The summed E-state index contributed by atoms with van der Waals surface area (Å²) in [5.74, 6) is -1.53. The number of halogens is 1. The highest BCUT2D eigenvalue weighted by molar-refractivity contribution is 6.46. The topological polar surface area (TPSA) is 76.1 Å². The molecule has 1 saturated heterocycles. The third-order valence-electron chi connectivity index (χ3n) is 4.85. The second-order valence-electron chi connectivity index (χ2n) is 6.58. The van der Waals surface area contributed by atoms with E-state index >= 15 is 0 Å². The lowest BCUT2D eigenvalue weighted by atomic mass is 9.94. The third-order valence-corrected chi connectivity index (χ3v) is 4.85. The molecule has 3 rings (SSSR count). The number of ketones is 1. The highest BCUT2D eigenvalue weighted by Gasteiger charge is 2.47. The van der Waals surface area contributed by atoms with E-state index in [2.05, 4.69) is 0 Å². The van der Waals surface area contributed by atoms with E-state index < -0.39 is 23.5 Å². The second kappa shape index (κ2) is 8.34. The molecule has 1 atom stereocenters. The molecule has 1 fully saturated rings. The van der Waals surface area contributed by atoms with E-state index in [0.717, 1.165) is 0 Å². The summed E-state index contributed by atoms with van der Waals surface area (Å²) < 4.78 is 24.1. The molecule has 0 aromatic heterocycles. The number of para-hydroxylation sites is 1. The molecule has 0 aliphatic carbocycles. The van der Waals surface area contributed by atoms with Crippen LogP contribution >= 0.6 is 0 Å². The number of benzene rings is 2. The number of hydrogen-bond donors (Lipinski definition) is 1. The average Bonchev–Trinajstić information content (AvgIpc) is 2.98. The molecule has 1 aliphatic heterocycles. The molecular weight excluding hydrogens is 377 g/mol. The molecule has 1 N–H and O–H groups in total. The van der Waals surface area contributed by atoms with Gasteiger partial charge in [-0.15, -0.1) is 0 Å². The molecule has 0 saturated carbocycles. The number of amides is 1. The number of ether oxygens (including phenoxy) is 2. The van der Waals surface area contributed by atoms with Crippen molar-refractivity contribution in [2.24, 2.45) is 0 Å². The zero-order valence-corrected chi connectivity index (χ0v) is 16.4. The van der Waals surface area contributed by atoms with Crippen LogP contribution in [0.2, 0.25) is 0 Å². The molecule has 0 spiro atoms. The Kier molecular flexibility index (Phi) is 5.87. The molecule has 6 nitrogen and oxygen atoms in total. The monoisotopic (exact) mass is 399 g/mol. The van der Waals surface area contributed by atoms with Gasteiger partial charge in [0.25, 0.3) is 11.7 Å². The normalized spacial score (nSPS) is 18.2. The largest absolute Gasteiger partial charge is 0.507 e. The van der Waals surface area contributed by atoms with Crippen LogP contribution in [0.4, 0.5) is 4.39 Å². The summed E-state index contributed by atoms with van der Waals surface area (Å²) in [7, 11) is 2.95. The summed E-state index contributed by atoms with van der Waals surface area (Å²) in [5, 5.41) is 10.9. The number of Topliss-reactive ketones (excluding diaryl/α,β-unsaturated/α-hetero) is 1. The minimum atomic E-state index is -0.856. The van der Waals surface area contributed by atoms with Gasteiger partial charge in [0.15, 0.2) is 11.5 Å². The molecule has 152 valence electrons. The van der Waals surface area contributed by atoms with Crippen LogP contribution in [0.15, 0.2) is 48.0 Å². The van der Waals surface area contributed by atoms with Gasteiger partial charge in [-0.2, -0.15) is 0 Å². The zero-order chi connectivity index (χ0) is 21.1. The molecule has 1 heterocycles. The molecule has 0 bridgehead atoms. The Morgan fingerprint density at radius 2 is 1.79 bits per heavy atom. The quantitative estimate of drug-likeness (QED) is 0.456. The van der Waals surface area contributed by atoms with Crippen LogP contribution in [0, 0.1) is 5.82 Å². The first-order valence-corrected chi connectivity index (χ1v) is 9.19. The predicted molar refractivity (Wildman–Crippen MR) is 105 cm³/mol. The standard InChI is InChI=1S/C22H22FNO5/c1-4-12-24-18(15-6-5-7-16(28-2)21(15)29-3)17(20(26)22(24)27)19(25)13-8-10-14(23)11-9-13/h5-11,18,25H,4,12H2,1-3H3/b19-17+. The van der Waals surface area contributed by atoms with Gasteiger partial charge >= 0.3 is 0 Å². The summed E-state index contributed by atoms with van der Waals surface area (Å²) >= 11 is 0. The summed E-state index contributed by atoms with van der Waals surface area (Å²) in [5.41, 5.74) is 0.692. The fourth-order valence-electron chi connectivity index (χ4n) is 3.57.